The van der Waals surface area contributed by atoms with Crippen molar-refractivity contribution in [2.45, 2.75) is 63.9 Å². The molecule has 1 amide bonds. The van der Waals surface area contributed by atoms with Gasteiger partial charge in [-0.1, -0.05) is 24.3 Å². The minimum atomic E-state index is -0.616. The molecule has 2 aliphatic heterocycles. The van der Waals surface area contributed by atoms with Crippen molar-refractivity contribution in [1.82, 2.24) is 19.8 Å². The maximum absolute atomic E-state index is 12.6. The van der Waals surface area contributed by atoms with Crippen LogP contribution in [-0.4, -0.2) is 70.2 Å². The number of likely N-dealkylation sites (N-methyl/N-ethyl adjacent to an activating group) is 1. The van der Waals surface area contributed by atoms with Crippen molar-refractivity contribution < 1.29 is 9.53 Å². The summed E-state index contributed by atoms with van der Waals surface area (Å²) in [7, 11) is 2.12. The van der Waals surface area contributed by atoms with Crippen molar-refractivity contribution in [1.29, 1.82) is 0 Å². The van der Waals surface area contributed by atoms with E-state index < -0.39 is 5.60 Å². The van der Waals surface area contributed by atoms with E-state index >= 15 is 0 Å². The quantitative estimate of drug-likeness (QED) is 0.675. The number of hydrogen-bond donors (Lipinski definition) is 1. The van der Waals surface area contributed by atoms with E-state index in [1.165, 1.54) is 37.6 Å². The Kier molecular flexibility index (Phi) is 6.97. The zero-order valence-electron chi connectivity index (χ0n) is 21.7. The lowest BCUT2D eigenvalue weighted by atomic mass is 9.77. The van der Waals surface area contributed by atoms with Gasteiger partial charge in [-0.15, -0.1) is 0 Å². The van der Waals surface area contributed by atoms with Gasteiger partial charge in [0.1, 0.15) is 11.9 Å². The Balaban J connectivity index is 1.17. The number of amides is 1. The molecule has 1 saturated heterocycles. The SMILES string of the molecule is CN1CCN(C(=O)CCC2CCC(c3ccc(C4=Nc5c(N)ncnc5OC4(C)C)cc3)CC2)CC1. The molecule has 2 fully saturated rings. The molecular weight excluding hydrogens is 452 g/mol. The highest BCUT2D eigenvalue weighted by molar-refractivity contribution is 6.09. The lowest BCUT2D eigenvalue weighted by molar-refractivity contribution is -0.133. The van der Waals surface area contributed by atoms with Gasteiger partial charge in [0.05, 0.1) is 5.71 Å². The number of hydrogen-bond acceptors (Lipinski definition) is 7. The predicted octanol–water partition coefficient (Wildman–Crippen LogP) is 4.18. The number of carbonyl (C=O) groups is 1. The Morgan fingerprint density at radius 3 is 2.44 bits per heavy atom. The summed E-state index contributed by atoms with van der Waals surface area (Å²) in [6.45, 7) is 7.73. The third kappa shape index (κ3) is 5.24. The Hall–Kier alpha value is -3.00. The van der Waals surface area contributed by atoms with E-state index in [4.69, 9.17) is 15.5 Å². The van der Waals surface area contributed by atoms with Crippen LogP contribution in [0.3, 0.4) is 0 Å². The van der Waals surface area contributed by atoms with Crippen LogP contribution in [0.1, 0.15) is 69.4 Å². The zero-order valence-corrected chi connectivity index (χ0v) is 21.7. The van der Waals surface area contributed by atoms with Crippen molar-refractivity contribution in [2.75, 3.05) is 39.0 Å². The number of carbonyl (C=O) groups excluding carboxylic acids is 1. The molecule has 0 radical (unpaired) electrons. The number of nitrogen functional groups attached to an aromatic ring is 1. The monoisotopic (exact) mass is 490 g/mol. The summed E-state index contributed by atoms with van der Waals surface area (Å²) in [4.78, 5) is 30.0. The minimum absolute atomic E-state index is 0.326. The van der Waals surface area contributed by atoms with E-state index in [2.05, 4.69) is 51.1 Å². The zero-order chi connectivity index (χ0) is 25.3. The molecule has 2 aromatic rings. The summed E-state index contributed by atoms with van der Waals surface area (Å²) in [6.07, 6.45) is 7.90. The highest BCUT2D eigenvalue weighted by atomic mass is 16.5. The molecule has 1 aromatic carbocycles. The average Bonchev–Trinajstić information content (AvgIpc) is 2.87. The summed E-state index contributed by atoms with van der Waals surface area (Å²) in [6, 6.07) is 8.75. The average molecular weight is 491 g/mol. The largest absolute Gasteiger partial charge is 0.463 e. The van der Waals surface area contributed by atoms with E-state index in [1.54, 1.807) is 0 Å². The molecule has 3 heterocycles. The lowest BCUT2D eigenvalue weighted by Gasteiger charge is -2.33. The van der Waals surface area contributed by atoms with Crippen molar-refractivity contribution >= 4 is 23.1 Å². The maximum atomic E-state index is 12.6. The number of aromatic nitrogens is 2. The van der Waals surface area contributed by atoms with Gasteiger partial charge in [-0.2, -0.15) is 4.98 Å². The summed E-state index contributed by atoms with van der Waals surface area (Å²) in [5.41, 5.74) is 9.14. The van der Waals surface area contributed by atoms with Gasteiger partial charge in [0.25, 0.3) is 0 Å². The van der Waals surface area contributed by atoms with Crippen LogP contribution in [-0.2, 0) is 4.79 Å². The summed E-state index contributed by atoms with van der Waals surface area (Å²) >= 11 is 0. The fraction of sp³-hybridized carbons (Fsp3) is 0.571. The van der Waals surface area contributed by atoms with E-state index in [0.717, 1.165) is 43.9 Å². The molecule has 8 heteroatoms. The van der Waals surface area contributed by atoms with Crippen LogP contribution < -0.4 is 10.5 Å². The van der Waals surface area contributed by atoms with Gasteiger partial charge in [0, 0.05) is 38.2 Å². The molecule has 1 aromatic heterocycles. The normalized spacial score (nSPS) is 24.0. The van der Waals surface area contributed by atoms with Crippen LogP contribution >= 0.6 is 0 Å². The first-order valence-electron chi connectivity index (χ1n) is 13.3. The minimum Gasteiger partial charge on any atom is -0.463 e. The number of nitrogens with two attached hydrogens (primary N) is 1. The molecule has 0 unspecified atom stereocenters. The van der Waals surface area contributed by atoms with Crippen molar-refractivity contribution in [3.05, 3.63) is 41.7 Å². The molecule has 36 heavy (non-hydrogen) atoms. The molecular formula is C28H38N6O2. The van der Waals surface area contributed by atoms with Gasteiger partial charge in [-0.05, 0) is 70.4 Å². The van der Waals surface area contributed by atoms with Crippen LogP contribution in [0, 0.1) is 5.92 Å². The number of benzene rings is 1. The molecule has 2 N–H and O–H groups in total. The summed E-state index contributed by atoms with van der Waals surface area (Å²) in [5, 5.41) is 0. The van der Waals surface area contributed by atoms with Crippen molar-refractivity contribution in [3.8, 4) is 5.88 Å². The maximum Gasteiger partial charge on any atom is 0.246 e. The van der Waals surface area contributed by atoms with Crippen LogP contribution in [0.4, 0.5) is 11.5 Å². The number of anilines is 1. The molecule has 0 atom stereocenters. The number of nitrogens with zero attached hydrogens (tertiary/aromatic N) is 5. The Morgan fingerprint density at radius 1 is 1.06 bits per heavy atom. The molecule has 1 aliphatic carbocycles. The Morgan fingerprint density at radius 2 is 1.75 bits per heavy atom. The third-order valence-electron chi connectivity index (χ3n) is 8.09. The van der Waals surface area contributed by atoms with Crippen molar-refractivity contribution in [3.63, 3.8) is 0 Å². The third-order valence-corrected chi connectivity index (χ3v) is 8.09. The topological polar surface area (TPSA) is 96.9 Å². The molecule has 1 saturated carbocycles. The van der Waals surface area contributed by atoms with Crippen molar-refractivity contribution in [2.24, 2.45) is 10.9 Å². The number of rotatable bonds is 5. The first kappa shape index (κ1) is 24.7. The standard InChI is InChI=1S/C28H38N6O2/c1-28(2)25(32-24-26(29)30-18-31-27(24)36-28)22-11-9-21(10-12-22)20-7-4-19(5-8-20)6-13-23(35)34-16-14-33(3)15-17-34/h9-12,18-20H,4-8,13-17H2,1-3H3,(H2,29,30,31). The van der Waals surface area contributed by atoms with Crippen LogP contribution in [0.25, 0.3) is 0 Å². The highest BCUT2D eigenvalue weighted by Crippen LogP contribution is 2.40. The first-order valence-corrected chi connectivity index (χ1v) is 13.3. The van der Waals surface area contributed by atoms with Gasteiger partial charge in [-0.25, -0.2) is 9.98 Å². The van der Waals surface area contributed by atoms with Gasteiger partial charge >= 0.3 is 0 Å². The van der Waals surface area contributed by atoms with Crippen LogP contribution in [0.5, 0.6) is 5.88 Å². The van der Waals surface area contributed by atoms with E-state index in [1.807, 2.05) is 13.8 Å². The van der Waals surface area contributed by atoms with Crippen LogP contribution in [0.2, 0.25) is 0 Å². The van der Waals surface area contributed by atoms with Crippen LogP contribution in [0.15, 0.2) is 35.6 Å². The lowest BCUT2D eigenvalue weighted by Crippen LogP contribution is -2.47. The number of ether oxygens (including phenoxy) is 1. The molecule has 5 rings (SSSR count). The van der Waals surface area contributed by atoms with E-state index in [9.17, 15) is 4.79 Å². The number of fused-ring (bicyclic) bond motifs is 1. The second kappa shape index (κ2) is 10.2. The number of aliphatic imine (C=N–C) groups is 1. The van der Waals surface area contributed by atoms with Gasteiger partial charge in [-0.3, -0.25) is 4.79 Å². The predicted molar refractivity (Wildman–Crippen MR) is 142 cm³/mol. The second-order valence-electron chi connectivity index (χ2n) is 11.0. The smallest absolute Gasteiger partial charge is 0.246 e. The van der Waals surface area contributed by atoms with Gasteiger partial charge in [0.15, 0.2) is 11.5 Å². The molecule has 192 valence electrons. The number of piperazine rings is 1. The fourth-order valence-electron chi connectivity index (χ4n) is 5.74. The second-order valence-corrected chi connectivity index (χ2v) is 11.0. The summed E-state index contributed by atoms with van der Waals surface area (Å²) in [5.74, 6) is 2.33. The summed E-state index contributed by atoms with van der Waals surface area (Å²) < 4.78 is 6.12. The van der Waals surface area contributed by atoms with Gasteiger partial charge in [0.2, 0.25) is 11.8 Å². The molecule has 0 bridgehead atoms. The van der Waals surface area contributed by atoms with Gasteiger partial charge < -0.3 is 20.3 Å². The molecule has 8 nitrogen and oxygen atoms in total. The molecule has 0 spiro atoms. The Bertz CT molecular complexity index is 1110. The first-order chi connectivity index (χ1) is 17.3. The Labute approximate surface area is 214 Å². The fourth-order valence-corrected chi connectivity index (χ4v) is 5.74. The highest BCUT2D eigenvalue weighted by Gasteiger charge is 2.35. The van der Waals surface area contributed by atoms with E-state index in [0.29, 0.717) is 41.5 Å². The van der Waals surface area contributed by atoms with E-state index in [-0.39, 0.29) is 0 Å². The molecule has 3 aliphatic rings.